The first-order valence-electron chi connectivity index (χ1n) is 16.4. The molecule has 1 aliphatic rings. The fourth-order valence-corrected chi connectivity index (χ4v) is 6.38. The van der Waals surface area contributed by atoms with Crippen molar-refractivity contribution in [1.82, 2.24) is 20.1 Å². The van der Waals surface area contributed by atoms with Gasteiger partial charge in [0, 0.05) is 68.0 Å². The van der Waals surface area contributed by atoms with Gasteiger partial charge in [-0.1, -0.05) is 66.7 Å². The van der Waals surface area contributed by atoms with Crippen LogP contribution in [0.1, 0.15) is 55.6 Å². The summed E-state index contributed by atoms with van der Waals surface area (Å²) in [6, 6.07) is 31.6. The van der Waals surface area contributed by atoms with Crippen molar-refractivity contribution in [2.45, 2.75) is 45.9 Å². The highest BCUT2D eigenvalue weighted by Crippen LogP contribution is 2.33. The van der Waals surface area contributed by atoms with Gasteiger partial charge in [-0.2, -0.15) is 0 Å². The van der Waals surface area contributed by atoms with E-state index in [1.807, 2.05) is 90.2 Å². The number of aromatic hydroxyl groups is 1. The Balaban J connectivity index is 1.31. The van der Waals surface area contributed by atoms with Crippen molar-refractivity contribution in [1.29, 1.82) is 0 Å². The standard InChI is InChI=1S/C40H41N5O4/c1-26-20-30-12-8-9-13-31(30)25-45(26)39(48)36-21-29(24-42-40(49)41-23-28-10-6-5-7-11-28)14-19-34(36)37-22-35(27(2)43(37)3)38(47)44(4)32-15-17-33(46)18-16-32/h5-19,21-22,26,46H,20,23-25H2,1-4H3,(H2,41,42,49)/t26-/m1/s1. The summed E-state index contributed by atoms with van der Waals surface area (Å²) in [5, 5.41) is 15.5. The van der Waals surface area contributed by atoms with E-state index in [4.69, 9.17) is 0 Å². The second-order valence-electron chi connectivity index (χ2n) is 12.6. The van der Waals surface area contributed by atoms with Crippen molar-refractivity contribution in [3.63, 3.8) is 0 Å². The maximum atomic E-state index is 14.5. The molecule has 0 bridgehead atoms. The minimum atomic E-state index is -0.305. The molecule has 0 fully saturated rings. The largest absolute Gasteiger partial charge is 0.508 e. The number of urea groups is 1. The number of benzene rings is 4. The third kappa shape index (κ3) is 7.06. The number of phenols is 1. The number of hydrogen-bond acceptors (Lipinski definition) is 4. The van der Waals surface area contributed by atoms with Crippen LogP contribution in [0.25, 0.3) is 11.3 Å². The summed E-state index contributed by atoms with van der Waals surface area (Å²) in [6.45, 7) is 5.08. The lowest BCUT2D eigenvalue weighted by Crippen LogP contribution is -2.42. The van der Waals surface area contributed by atoms with E-state index < -0.39 is 0 Å². The smallest absolute Gasteiger partial charge is 0.315 e. The minimum absolute atomic E-state index is 0.0213. The number of fused-ring (bicyclic) bond motifs is 1. The molecule has 4 amide bonds. The molecule has 49 heavy (non-hydrogen) atoms. The average Bonchev–Trinajstić information content (AvgIpc) is 3.42. The normalized spacial score (nSPS) is 13.8. The number of nitrogens with zero attached hydrogens (tertiary/aromatic N) is 3. The Bertz CT molecular complexity index is 2000. The number of amides is 4. The summed E-state index contributed by atoms with van der Waals surface area (Å²) >= 11 is 0. The van der Waals surface area contributed by atoms with E-state index in [0.29, 0.717) is 35.5 Å². The Morgan fingerprint density at radius 3 is 2.18 bits per heavy atom. The fourth-order valence-electron chi connectivity index (χ4n) is 6.38. The topological polar surface area (TPSA) is 107 Å². The lowest BCUT2D eigenvalue weighted by molar-refractivity contribution is 0.0658. The summed E-state index contributed by atoms with van der Waals surface area (Å²) in [5.74, 6) is -0.195. The Kier molecular flexibility index (Phi) is 9.53. The number of rotatable bonds is 8. The van der Waals surface area contributed by atoms with Crippen LogP contribution < -0.4 is 15.5 Å². The van der Waals surface area contributed by atoms with Gasteiger partial charge in [-0.3, -0.25) is 9.59 Å². The molecular weight excluding hydrogens is 614 g/mol. The van der Waals surface area contributed by atoms with Crippen molar-refractivity contribution in [2.24, 2.45) is 7.05 Å². The Hall–Kier alpha value is -5.83. The quantitative estimate of drug-likeness (QED) is 0.176. The number of hydrogen-bond donors (Lipinski definition) is 3. The third-order valence-electron chi connectivity index (χ3n) is 9.41. The van der Waals surface area contributed by atoms with Gasteiger partial charge < -0.3 is 30.1 Å². The molecule has 2 heterocycles. The van der Waals surface area contributed by atoms with E-state index in [2.05, 4.69) is 29.7 Å². The summed E-state index contributed by atoms with van der Waals surface area (Å²) in [5.41, 5.74) is 7.99. The highest BCUT2D eigenvalue weighted by molar-refractivity contribution is 6.08. The summed E-state index contributed by atoms with van der Waals surface area (Å²) in [7, 11) is 3.59. The second kappa shape index (κ2) is 14.1. The first-order chi connectivity index (χ1) is 23.6. The first-order valence-corrected chi connectivity index (χ1v) is 16.4. The van der Waals surface area contributed by atoms with Crippen LogP contribution in [0.15, 0.2) is 103 Å². The zero-order valence-electron chi connectivity index (χ0n) is 28.2. The molecule has 6 rings (SSSR count). The minimum Gasteiger partial charge on any atom is -0.508 e. The fraction of sp³-hybridized carbons (Fsp3) is 0.225. The number of anilines is 1. The Morgan fingerprint density at radius 2 is 1.47 bits per heavy atom. The zero-order valence-corrected chi connectivity index (χ0v) is 28.2. The van der Waals surface area contributed by atoms with E-state index in [0.717, 1.165) is 34.5 Å². The maximum absolute atomic E-state index is 14.5. The predicted molar refractivity (Wildman–Crippen MR) is 191 cm³/mol. The number of phenolic OH excluding ortho intramolecular Hbond substituents is 1. The van der Waals surface area contributed by atoms with Crippen molar-refractivity contribution in [2.75, 3.05) is 11.9 Å². The Labute approximate surface area is 286 Å². The molecule has 3 N–H and O–H groups in total. The van der Waals surface area contributed by atoms with Gasteiger partial charge in [-0.15, -0.1) is 0 Å². The highest BCUT2D eigenvalue weighted by Gasteiger charge is 2.30. The van der Waals surface area contributed by atoms with Gasteiger partial charge in [0.15, 0.2) is 0 Å². The molecule has 0 aliphatic carbocycles. The monoisotopic (exact) mass is 655 g/mol. The number of nitrogens with one attached hydrogen (secondary N) is 2. The van der Waals surface area contributed by atoms with Gasteiger partial charge >= 0.3 is 6.03 Å². The van der Waals surface area contributed by atoms with Crippen LogP contribution in [0.4, 0.5) is 10.5 Å². The van der Waals surface area contributed by atoms with Gasteiger partial charge in [0.2, 0.25) is 0 Å². The molecule has 0 radical (unpaired) electrons. The van der Waals surface area contributed by atoms with Crippen LogP contribution in [0.5, 0.6) is 5.75 Å². The lowest BCUT2D eigenvalue weighted by Gasteiger charge is -2.35. The highest BCUT2D eigenvalue weighted by atomic mass is 16.3. The van der Waals surface area contributed by atoms with Gasteiger partial charge in [0.25, 0.3) is 11.8 Å². The average molecular weight is 656 g/mol. The van der Waals surface area contributed by atoms with Crippen LogP contribution in [-0.2, 0) is 33.1 Å². The molecule has 4 aromatic carbocycles. The first kappa shape index (κ1) is 33.1. The van der Waals surface area contributed by atoms with E-state index in [9.17, 15) is 19.5 Å². The van der Waals surface area contributed by atoms with Crippen LogP contribution in [0.2, 0.25) is 0 Å². The van der Waals surface area contributed by atoms with E-state index in [1.165, 1.54) is 5.56 Å². The van der Waals surface area contributed by atoms with Gasteiger partial charge in [0.1, 0.15) is 5.75 Å². The van der Waals surface area contributed by atoms with Gasteiger partial charge in [-0.25, -0.2) is 4.79 Å². The van der Waals surface area contributed by atoms with Crippen LogP contribution >= 0.6 is 0 Å². The number of aromatic nitrogens is 1. The number of carbonyl (C=O) groups is 3. The second-order valence-corrected chi connectivity index (χ2v) is 12.6. The van der Waals surface area contributed by atoms with Gasteiger partial charge in [-0.05, 0) is 78.9 Å². The molecule has 9 heteroatoms. The summed E-state index contributed by atoms with van der Waals surface area (Å²) in [4.78, 5) is 44.4. The van der Waals surface area contributed by atoms with Crippen molar-refractivity contribution >= 4 is 23.5 Å². The summed E-state index contributed by atoms with van der Waals surface area (Å²) in [6.07, 6.45) is 0.756. The Morgan fingerprint density at radius 1 is 0.816 bits per heavy atom. The predicted octanol–water partition coefficient (Wildman–Crippen LogP) is 6.57. The van der Waals surface area contributed by atoms with E-state index in [1.54, 1.807) is 36.2 Å². The molecule has 0 saturated carbocycles. The van der Waals surface area contributed by atoms with Crippen LogP contribution in [0.3, 0.4) is 0 Å². The summed E-state index contributed by atoms with van der Waals surface area (Å²) < 4.78 is 1.94. The maximum Gasteiger partial charge on any atom is 0.315 e. The molecule has 250 valence electrons. The zero-order chi connectivity index (χ0) is 34.7. The molecule has 1 aliphatic heterocycles. The molecule has 1 aromatic heterocycles. The van der Waals surface area contributed by atoms with E-state index in [-0.39, 0.29) is 36.2 Å². The molecule has 0 spiro atoms. The van der Waals surface area contributed by atoms with Crippen LogP contribution in [0, 0.1) is 6.92 Å². The molecule has 0 unspecified atom stereocenters. The van der Waals surface area contributed by atoms with E-state index >= 15 is 0 Å². The third-order valence-corrected chi connectivity index (χ3v) is 9.41. The van der Waals surface area contributed by atoms with Gasteiger partial charge in [0.05, 0.1) is 5.56 Å². The molecule has 9 nitrogen and oxygen atoms in total. The number of carbonyl (C=O) groups excluding carboxylic acids is 3. The molecular formula is C40H41N5O4. The molecule has 5 aromatic rings. The van der Waals surface area contributed by atoms with Crippen LogP contribution in [-0.4, -0.2) is 45.5 Å². The molecule has 0 saturated heterocycles. The van der Waals surface area contributed by atoms with Crippen molar-refractivity contribution < 1.29 is 19.5 Å². The molecule has 1 atom stereocenters. The SMILES string of the molecule is Cc1c(C(=O)N(C)c2ccc(O)cc2)cc(-c2ccc(CNC(=O)NCc3ccccc3)cc2C(=O)N2Cc3ccccc3C[C@H]2C)n1C. The lowest BCUT2D eigenvalue weighted by atomic mass is 9.93. The van der Waals surface area contributed by atoms with Crippen molar-refractivity contribution in [3.05, 3.63) is 142 Å². The van der Waals surface area contributed by atoms with Crippen molar-refractivity contribution in [3.8, 4) is 17.0 Å².